The van der Waals surface area contributed by atoms with E-state index in [0.29, 0.717) is 0 Å². The van der Waals surface area contributed by atoms with Crippen molar-refractivity contribution in [2.75, 3.05) is 9.80 Å². The lowest BCUT2D eigenvalue weighted by Gasteiger charge is -2.45. The molecule has 3 heteroatoms. The van der Waals surface area contributed by atoms with Crippen LogP contribution in [0.5, 0.6) is 0 Å². The minimum absolute atomic E-state index is 0.594. The molecule has 0 saturated carbocycles. The van der Waals surface area contributed by atoms with Crippen molar-refractivity contribution in [1.82, 2.24) is 0 Å². The molecule has 11 aromatic rings. The van der Waals surface area contributed by atoms with E-state index in [2.05, 4.69) is 246 Å². The average Bonchev–Trinajstić information content (AvgIpc) is 3.89. The fraction of sp³-hybridized carbons (Fsp3) is 0.0164. The van der Waals surface area contributed by atoms with E-state index in [1.807, 2.05) is 6.07 Å². The topological polar surface area (TPSA) is 19.6 Å². The van der Waals surface area contributed by atoms with Crippen LogP contribution in [-0.4, -0.2) is 0 Å². The van der Waals surface area contributed by atoms with Crippen molar-refractivity contribution in [1.29, 1.82) is 0 Å². The zero-order chi connectivity index (χ0) is 42.2. The number of benzene rings is 10. The third kappa shape index (κ3) is 5.28. The third-order valence-electron chi connectivity index (χ3n) is 13.5. The highest BCUT2D eigenvalue weighted by molar-refractivity contribution is 6.08. The maximum atomic E-state index is 6.42. The number of nitrogens with zero attached hydrogens (tertiary/aromatic N) is 2. The quantitative estimate of drug-likeness (QED) is 0.167. The van der Waals surface area contributed by atoms with Gasteiger partial charge in [0, 0.05) is 33.3 Å². The zero-order valence-corrected chi connectivity index (χ0v) is 34.9. The van der Waals surface area contributed by atoms with E-state index in [1.54, 1.807) is 0 Å². The molecule has 0 fully saturated rings. The number of hydrogen-bond donors (Lipinski definition) is 0. The van der Waals surface area contributed by atoms with Gasteiger partial charge in [0.25, 0.3) is 0 Å². The van der Waals surface area contributed by atoms with E-state index >= 15 is 0 Å². The minimum atomic E-state index is -0.594. The zero-order valence-electron chi connectivity index (χ0n) is 34.9. The average molecular weight is 817 g/mol. The Hall–Kier alpha value is -8.40. The highest BCUT2D eigenvalue weighted by atomic mass is 16.3. The first kappa shape index (κ1) is 36.3. The number of anilines is 6. The van der Waals surface area contributed by atoms with Crippen LogP contribution in [0.25, 0.3) is 55.3 Å². The normalized spacial score (nSPS) is 13.1. The van der Waals surface area contributed by atoms with Crippen molar-refractivity contribution < 1.29 is 4.42 Å². The molecule has 300 valence electrons. The second-order valence-electron chi connectivity index (χ2n) is 16.8. The molecule has 2 heterocycles. The molecule has 1 aliphatic heterocycles. The Morgan fingerprint density at radius 1 is 0.359 bits per heavy atom. The Balaban J connectivity index is 1.09. The van der Waals surface area contributed by atoms with Crippen LogP contribution in [0.1, 0.15) is 22.3 Å². The minimum Gasteiger partial charge on any atom is -0.456 e. The van der Waals surface area contributed by atoms with Gasteiger partial charge in [-0.05, 0) is 105 Å². The molecule has 10 aromatic carbocycles. The molecule has 1 aliphatic carbocycles. The highest BCUT2D eigenvalue weighted by Gasteiger charge is 2.52. The van der Waals surface area contributed by atoms with Gasteiger partial charge in [0.05, 0.1) is 28.2 Å². The van der Waals surface area contributed by atoms with Gasteiger partial charge in [-0.2, -0.15) is 0 Å². The van der Waals surface area contributed by atoms with Crippen LogP contribution in [0.3, 0.4) is 0 Å². The molecule has 1 aromatic heterocycles. The summed E-state index contributed by atoms with van der Waals surface area (Å²) in [4.78, 5) is 4.93. The fourth-order valence-electron chi connectivity index (χ4n) is 10.8. The van der Waals surface area contributed by atoms with Gasteiger partial charge in [0.15, 0.2) is 0 Å². The van der Waals surface area contributed by atoms with Crippen molar-refractivity contribution in [2.45, 2.75) is 5.41 Å². The van der Waals surface area contributed by atoms with Crippen molar-refractivity contribution >= 4 is 56.1 Å². The Labute approximate surface area is 372 Å². The third-order valence-corrected chi connectivity index (χ3v) is 13.5. The van der Waals surface area contributed by atoms with Gasteiger partial charge in [-0.3, -0.25) is 0 Å². The monoisotopic (exact) mass is 816 g/mol. The first-order valence-electron chi connectivity index (χ1n) is 22.0. The molecule has 0 atom stereocenters. The number of rotatable bonds is 6. The van der Waals surface area contributed by atoms with E-state index in [1.165, 1.54) is 55.9 Å². The standard InChI is InChI=1S/C61H40N2O/c1-3-18-41(19-4-1)42-34-36-43(37-35-42)46-22-8-13-29-54(46)63(45-38-39-59-49(40-45)47-23-9-16-33-58(47)64-59)57-32-17-28-53-60(57)48-24-7-10-25-50(48)61(53)51-26-11-14-30-55(51)62(44-20-5-2-6-21-44)56-31-15-12-27-52(56)61/h1-40H. The van der Waals surface area contributed by atoms with Crippen LogP contribution in [0, 0.1) is 0 Å². The summed E-state index contributed by atoms with van der Waals surface area (Å²) in [7, 11) is 0. The van der Waals surface area contributed by atoms with E-state index in [4.69, 9.17) is 4.42 Å². The lowest BCUT2D eigenvalue weighted by atomic mass is 9.64. The molecule has 0 N–H and O–H groups in total. The first-order chi connectivity index (χ1) is 31.8. The summed E-state index contributed by atoms with van der Waals surface area (Å²) in [6.45, 7) is 0. The van der Waals surface area contributed by atoms with Gasteiger partial charge in [0.2, 0.25) is 0 Å². The predicted molar refractivity (Wildman–Crippen MR) is 265 cm³/mol. The summed E-state index contributed by atoms with van der Waals surface area (Å²) in [5.74, 6) is 0. The largest absolute Gasteiger partial charge is 0.456 e. The summed E-state index contributed by atoms with van der Waals surface area (Å²) >= 11 is 0. The maximum absolute atomic E-state index is 6.42. The smallest absolute Gasteiger partial charge is 0.135 e. The molecule has 3 nitrogen and oxygen atoms in total. The van der Waals surface area contributed by atoms with E-state index in [9.17, 15) is 0 Å². The number of fused-ring (bicyclic) bond motifs is 12. The molecule has 0 unspecified atom stereocenters. The predicted octanol–water partition coefficient (Wildman–Crippen LogP) is 16.5. The Bertz CT molecular complexity index is 3520. The Morgan fingerprint density at radius 3 is 1.67 bits per heavy atom. The molecular weight excluding hydrogens is 777 g/mol. The molecule has 1 spiro atoms. The number of para-hydroxylation sites is 5. The first-order valence-corrected chi connectivity index (χ1v) is 22.0. The van der Waals surface area contributed by atoms with Crippen LogP contribution in [0.4, 0.5) is 34.1 Å². The lowest BCUT2D eigenvalue weighted by molar-refractivity contribution is 0.669. The van der Waals surface area contributed by atoms with Crippen LogP contribution in [-0.2, 0) is 5.41 Å². The molecule has 0 saturated heterocycles. The molecule has 13 rings (SSSR count). The molecule has 0 amide bonds. The van der Waals surface area contributed by atoms with Crippen LogP contribution >= 0.6 is 0 Å². The lowest BCUT2D eigenvalue weighted by Crippen LogP contribution is -2.36. The maximum Gasteiger partial charge on any atom is 0.135 e. The van der Waals surface area contributed by atoms with Crippen molar-refractivity contribution in [3.63, 3.8) is 0 Å². The van der Waals surface area contributed by atoms with Crippen LogP contribution in [0.2, 0.25) is 0 Å². The summed E-state index contributed by atoms with van der Waals surface area (Å²) < 4.78 is 6.42. The van der Waals surface area contributed by atoms with Crippen LogP contribution in [0.15, 0.2) is 247 Å². The van der Waals surface area contributed by atoms with Gasteiger partial charge in [-0.1, -0.05) is 182 Å². The molecule has 0 radical (unpaired) electrons. The number of furan rings is 1. The molecule has 64 heavy (non-hydrogen) atoms. The second kappa shape index (κ2) is 14.3. The van der Waals surface area contributed by atoms with E-state index in [-0.39, 0.29) is 0 Å². The van der Waals surface area contributed by atoms with Gasteiger partial charge in [-0.25, -0.2) is 0 Å². The van der Waals surface area contributed by atoms with Gasteiger partial charge >= 0.3 is 0 Å². The van der Waals surface area contributed by atoms with E-state index in [0.717, 1.165) is 55.8 Å². The van der Waals surface area contributed by atoms with Gasteiger partial charge in [0.1, 0.15) is 11.2 Å². The Morgan fingerprint density at radius 2 is 0.906 bits per heavy atom. The van der Waals surface area contributed by atoms with E-state index < -0.39 is 5.41 Å². The molecule has 0 bridgehead atoms. The van der Waals surface area contributed by atoms with Crippen LogP contribution < -0.4 is 9.80 Å². The van der Waals surface area contributed by atoms with Crippen molar-refractivity contribution in [3.05, 3.63) is 265 Å². The van der Waals surface area contributed by atoms with Crippen molar-refractivity contribution in [2.24, 2.45) is 0 Å². The fourth-order valence-corrected chi connectivity index (χ4v) is 10.8. The Kier molecular flexibility index (Phi) is 8.13. The molecule has 2 aliphatic rings. The summed E-state index contributed by atoms with van der Waals surface area (Å²) in [6, 6.07) is 88.4. The summed E-state index contributed by atoms with van der Waals surface area (Å²) in [5, 5.41) is 2.19. The molecular formula is C61H40N2O. The van der Waals surface area contributed by atoms with Gasteiger partial charge < -0.3 is 14.2 Å². The summed E-state index contributed by atoms with van der Waals surface area (Å²) in [6.07, 6.45) is 0. The van der Waals surface area contributed by atoms with Crippen molar-refractivity contribution in [3.8, 4) is 33.4 Å². The second-order valence-corrected chi connectivity index (χ2v) is 16.8. The highest BCUT2D eigenvalue weighted by Crippen LogP contribution is 2.65. The number of hydrogen-bond acceptors (Lipinski definition) is 3. The summed E-state index contributed by atoms with van der Waals surface area (Å²) in [5.41, 5.74) is 20.1. The SMILES string of the molecule is c1ccc(-c2ccc(-c3ccccc3N(c3ccc4oc5ccccc5c4c3)c3cccc4c3-c3ccccc3C43c4ccccc4N(c4ccccc4)c4ccccc43)cc2)cc1. The van der Waals surface area contributed by atoms with Gasteiger partial charge in [-0.15, -0.1) is 0 Å².